The molecule has 1 fully saturated rings. The minimum atomic E-state index is -0.462. The van der Waals surface area contributed by atoms with Gasteiger partial charge in [0.15, 0.2) is 5.78 Å². The van der Waals surface area contributed by atoms with Gasteiger partial charge < -0.3 is 9.64 Å². The van der Waals surface area contributed by atoms with Crippen molar-refractivity contribution in [3.63, 3.8) is 0 Å². The molecule has 0 aliphatic carbocycles. The Labute approximate surface area is 155 Å². The SMILES string of the molecule is CC(=O)c1c(N2CCOCC2)nc(=S)n(-c2ccc([N+](=O)[O-])cc2)c1C. The van der Waals surface area contributed by atoms with Crippen LogP contribution in [0.1, 0.15) is 23.0 Å². The number of carbonyl (C=O) groups is 1. The number of nitro benzene ring substituents is 1. The standard InChI is InChI=1S/C17H18N4O4S/c1-11-15(12(2)22)16(19-7-9-25-10-8-19)18-17(26)20(11)13-3-5-14(6-4-13)21(23)24/h3-6H,7-10H2,1-2H3. The lowest BCUT2D eigenvalue weighted by Gasteiger charge is -2.30. The lowest BCUT2D eigenvalue weighted by Crippen LogP contribution is -2.38. The summed E-state index contributed by atoms with van der Waals surface area (Å²) in [4.78, 5) is 29.2. The van der Waals surface area contributed by atoms with E-state index in [9.17, 15) is 14.9 Å². The molecule has 0 N–H and O–H groups in total. The maximum atomic E-state index is 12.3. The molecule has 1 aliphatic rings. The second kappa shape index (κ2) is 7.30. The number of nitro groups is 1. The smallest absolute Gasteiger partial charge is 0.269 e. The van der Waals surface area contributed by atoms with Crippen molar-refractivity contribution in [1.82, 2.24) is 9.55 Å². The van der Waals surface area contributed by atoms with Gasteiger partial charge in [-0.25, -0.2) is 4.98 Å². The summed E-state index contributed by atoms with van der Waals surface area (Å²) in [6.07, 6.45) is 0. The highest BCUT2D eigenvalue weighted by molar-refractivity contribution is 7.71. The number of ether oxygens (including phenoxy) is 1. The Morgan fingerprint density at radius 1 is 1.27 bits per heavy atom. The Morgan fingerprint density at radius 3 is 2.42 bits per heavy atom. The van der Waals surface area contributed by atoms with Crippen LogP contribution in [-0.4, -0.2) is 46.6 Å². The maximum Gasteiger partial charge on any atom is 0.269 e. The van der Waals surface area contributed by atoms with Crippen molar-refractivity contribution in [2.24, 2.45) is 0 Å². The van der Waals surface area contributed by atoms with E-state index in [1.165, 1.54) is 19.1 Å². The summed E-state index contributed by atoms with van der Waals surface area (Å²) >= 11 is 5.46. The van der Waals surface area contributed by atoms with Gasteiger partial charge in [0.1, 0.15) is 5.82 Å². The quantitative estimate of drug-likeness (QED) is 0.352. The van der Waals surface area contributed by atoms with E-state index in [2.05, 4.69) is 4.98 Å². The maximum absolute atomic E-state index is 12.3. The zero-order chi connectivity index (χ0) is 18.8. The topological polar surface area (TPSA) is 90.5 Å². The van der Waals surface area contributed by atoms with Crippen LogP contribution in [0, 0.1) is 21.8 Å². The van der Waals surface area contributed by atoms with Crippen molar-refractivity contribution in [1.29, 1.82) is 0 Å². The van der Waals surface area contributed by atoms with Crippen LogP contribution in [-0.2, 0) is 4.74 Å². The highest BCUT2D eigenvalue weighted by Gasteiger charge is 2.23. The third kappa shape index (κ3) is 3.35. The average Bonchev–Trinajstić information content (AvgIpc) is 2.62. The van der Waals surface area contributed by atoms with Crippen molar-refractivity contribution in [2.45, 2.75) is 13.8 Å². The van der Waals surface area contributed by atoms with Gasteiger partial charge in [-0.05, 0) is 38.2 Å². The van der Waals surface area contributed by atoms with Crippen LogP contribution < -0.4 is 4.90 Å². The van der Waals surface area contributed by atoms with Gasteiger partial charge in [0.05, 0.1) is 23.7 Å². The summed E-state index contributed by atoms with van der Waals surface area (Å²) in [5.41, 5.74) is 1.77. The Hall–Kier alpha value is -2.65. The Balaban J connectivity index is 2.15. The van der Waals surface area contributed by atoms with Crippen molar-refractivity contribution in [3.05, 3.63) is 50.4 Å². The van der Waals surface area contributed by atoms with Gasteiger partial charge in [-0.2, -0.15) is 0 Å². The molecule has 9 heteroatoms. The number of Topliss-reactive ketones (excluding diaryl/α,β-unsaturated/α-hetero) is 1. The van der Waals surface area contributed by atoms with E-state index < -0.39 is 4.92 Å². The molecule has 8 nitrogen and oxygen atoms in total. The van der Waals surface area contributed by atoms with Gasteiger partial charge in [-0.3, -0.25) is 19.5 Å². The van der Waals surface area contributed by atoms with Crippen LogP contribution in [0.5, 0.6) is 0 Å². The fraction of sp³-hybridized carbons (Fsp3) is 0.353. The second-order valence-corrected chi connectivity index (χ2v) is 6.31. The number of ketones is 1. The molecule has 0 bridgehead atoms. The first-order valence-electron chi connectivity index (χ1n) is 8.12. The molecule has 26 heavy (non-hydrogen) atoms. The summed E-state index contributed by atoms with van der Waals surface area (Å²) in [7, 11) is 0. The normalized spacial score (nSPS) is 14.3. The summed E-state index contributed by atoms with van der Waals surface area (Å²) in [6, 6.07) is 6.00. The van der Waals surface area contributed by atoms with Gasteiger partial charge >= 0.3 is 0 Å². The highest BCUT2D eigenvalue weighted by Crippen LogP contribution is 2.26. The van der Waals surface area contributed by atoms with E-state index in [0.29, 0.717) is 53.8 Å². The summed E-state index contributed by atoms with van der Waals surface area (Å²) in [5.74, 6) is 0.462. The first kappa shape index (κ1) is 18.2. The number of benzene rings is 1. The van der Waals surface area contributed by atoms with Crippen LogP contribution in [0.2, 0.25) is 0 Å². The Morgan fingerprint density at radius 2 is 1.88 bits per heavy atom. The summed E-state index contributed by atoms with van der Waals surface area (Å²) in [5, 5.41) is 10.9. The van der Waals surface area contributed by atoms with Crippen molar-refractivity contribution in [3.8, 4) is 5.69 Å². The van der Waals surface area contributed by atoms with Gasteiger partial charge in [-0.15, -0.1) is 0 Å². The largest absolute Gasteiger partial charge is 0.378 e. The van der Waals surface area contributed by atoms with Crippen molar-refractivity contribution in [2.75, 3.05) is 31.2 Å². The molecule has 0 radical (unpaired) electrons. The van der Waals surface area contributed by atoms with E-state index >= 15 is 0 Å². The molecule has 1 aromatic heterocycles. The molecule has 0 spiro atoms. The minimum absolute atomic E-state index is 0.0115. The van der Waals surface area contributed by atoms with Crippen molar-refractivity contribution < 1.29 is 14.5 Å². The monoisotopic (exact) mass is 374 g/mol. The molecule has 2 aromatic rings. The molecule has 0 atom stereocenters. The lowest BCUT2D eigenvalue weighted by atomic mass is 10.1. The molecule has 1 aromatic carbocycles. The predicted octanol–water partition coefficient (Wildman–Crippen LogP) is 2.86. The van der Waals surface area contributed by atoms with Crippen LogP contribution in [0.15, 0.2) is 24.3 Å². The Kier molecular flexibility index (Phi) is 5.10. The van der Waals surface area contributed by atoms with Gasteiger partial charge in [0, 0.05) is 36.6 Å². The van der Waals surface area contributed by atoms with Crippen LogP contribution in [0.25, 0.3) is 5.69 Å². The van der Waals surface area contributed by atoms with E-state index in [1.807, 2.05) is 4.90 Å². The molecule has 136 valence electrons. The minimum Gasteiger partial charge on any atom is -0.378 e. The van der Waals surface area contributed by atoms with Gasteiger partial charge in [-0.1, -0.05) is 0 Å². The number of anilines is 1. The molecule has 2 heterocycles. The van der Waals surface area contributed by atoms with Crippen LogP contribution in [0.4, 0.5) is 11.5 Å². The number of aromatic nitrogens is 2. The molecule has 0 amide bonds. The summed E-state index contributed by atoms with van der Waals surface area (Å²) in [6.45, 7) is 5.73. The molecule has 1 saturated heterocycles. The fourth-order valence-electron chi connectivity index (χ4n) is 3.06. The number of rotatable bonds is 4. The number of nitrogens with zero attached hydrogens (tertiary/aromatic N) is 4. The molecule has 1 aliphatic heterocycles. The zero-order valence-corrected chi connectivity index (χ0v) is 15.3. The first-order valence-corrected chi connectivity index (χ1v) is 8.53. The predicted molar refractivity (Wildman–Crippen MR) is 98.8 cm³/mol. The number of non-ortho nitro benzene ring substituents is 1. The average molecular weight is 374 g/mol. The Bertz CT molecular complexity index is 918. The molecule has 0 saturated carbocycles. The van der Waals surface area contributed by atoms with Gasteiger partial charge in [0.2, 0.25) is 4.77 Å². The van der Waals surface area contributed by atoms with Crippen LogP contribution >= 0.6 is 12.2 Å². The van der Waals surface area contributed by atoms with E-state index in [-0.39, 0.29) is 11.5 Å². The molecular formula is C17H18N4O4S. The van der Waals surface area contributed by atoms with Crippen molar-refractivity contribution >= 4 is 29.5 Å². The first-order chi connectivity index (χ1) is 12.4. The number of carbonyl (C=O) groups excluding carboxylic acids is 1. The van der Waals surface area contributed by atoms with E-state index in [1.54, 1.807) is 23.6 Å². The van der Waals surface area contributed by atoms with E-state index in [0.717, 1.165) is 0 Å². The lowest BCUT2D eigenvalue weighted by molar-refractivity contribution is -0.384. The summed E-state index contributed by atoms with van der Waals surface area (Å²) < 4.78 is 7.33. The van der Waals surface area contributed by atoms with Crippen LogP contribution in [0.3, 0.4) is 0 Å². The third-order valence-electron chi connectivity index (χ3n) is 4.30. The second-order valence-electron chi connectivity index (χ2n) is 5.94. The van der Waals surface area contributed by atoms with Gasteiger partial charge in [0.25, 0.3) is 5.69 Å². The highest BCUT2D eigenvalue weighted by atomic mass is 32.1. The number of morpholine rings is 1. The fourth-order valence-corrected chi connectivity index (χ4v) is 3.39. The third-order valence-corrected chi connectivity index (χ3v) is 4.57. The van der Waals surface area contributed by atoms with E-state index in [4.69, 9.17) is 17.0 Å². The molecule has 0 unspecified atom stereocenters. The number of hydrogen-bond acceptors (Lipinski definition) is 7. The molecular weight excluding hydrogens is 356 g/mol. The zero-order valence-electron chi connectivity index (χ0n) is 14.5. The molecule has 3 rings (SSSR count). The number of hydrogen-bond donors (Lipinski definition) is 0.